The summed E-state index contributed by atoms with van der Waals surface area (Å²) in [5, 5.41) is 16.0. The van der Waals surface area contributed by atoms with Crippen molar-refractivity contribution >= 4 is 0 Å². The number of rotatable bonds is 10. The average molecular weight is 360 g/mol. The van der Waals surface area contributed by atoms with E-state index in [1.54, 1.807) is 12.5 Å². The number of hydrogen-bond acceptors (Lipinski definition) is 7. The highest BCUT2D eigenvalue weighted by Gasteiger charge is 2.29. The number of tetrazole rings is 1. The molecule has 3 rings (SSSR count). The van der Waals surface area contributed by atoms with Gasteiger partial charge in [0.05, 0.1) is 19.1 Å². The van der Waals surface area contributed by atoms with Crippen molar-refractivity contribution in [2.24, 2.45) is 0 Å². The van der Waals surface area contributed by atoms with Crippen molar-refractivity contribution in [3.63, 3.8) is 0 Å². The molecule has 2 atom stereocenters. The van der Waals surface area contributed by atoms with Gasteiger partial charge in [-0.2, -0.15) is 0 Å². The van der Waals surface area contributed by atoms with Crippen molar-refractivity contribution in [1.82, 2.24) is 40.0 Å². The molecule has 2 aromatic heterocycles. The van der Waals surface area contributed by atoms with Crippen LogP contribution < -0.4 is 5.32 Å². The summed E-state index contributed by atoms with van der Waals surface area (Å²) in [6.45, 7) is 3.42. The summed E-state index contributed by atoms with van der Waals surface area (Å²) in [4.78, 5) is 6.20. The Morgan fingerprint density at radius 2 is 2.31 bits per heavy atom. The highest BCUT2D eigenvalue weighted by molar-refractivity contribution is 5.00. The van der Waals surface area contributed by atoms with Gasteiger partial charge in [0.2, 0.25) is 0 Å². The lowest BCUT2D eigenvalue weighted by Crippen LogP contribution is -2.37. The van der Waals surface area contributed by atoms with Crippen LogP contribution in [-0.4, -0.2) is 67.9 Å². The maximum absolute atomic E-state index is 5.87. The number of imidazole rings is 1. The molecule has 1 unspecified atom stereocenters. The van der Waals surface area contributed by atoms with Crippen LogP contribution in [0.5, 0.6) is 0 Å². The molecule has 26 heavy (non-hydrogen) atoms. The van der Waals surface area contributed by atoms with Crippen molar-refractivity contribution in [3.8, 4) is 0 Å². The highest BCUT2D eigenvalue weighted by atomic mass is 16.5. The molecule has 142 valence electrons. The SMILES string of the molecule is CN(C)CCn1nnnc1[C@H](NCCCn1ccnc1)C1CCC=CO1. The van der Waals surface area contributed by atoms with Crippen LogP contribution in [0.1, 0.15) is 31.1 Å². The summed E-state index contributed by atoms with van der Waals surface area (Å²) < 4.78 is 9.84. The minimum atomic E-state index is -0.0279. The van der Waals surface area contributed by atoms with Crippen LogP contribution >= 0.6 is 0 Å². The van der Waals surface area contributed by atoms with E-state index in [1.165, 1.54) is 0 Å². The second-order valence-corrected chi connectivity index (χ2v) is 6.77. The van der Waals surface area contributed by atoms with Gasteiger partial charge in [-0.15, -0.1) is 5.10 Å². The molecule has 0 aromatic carbocycles. The zero-order valence-corrected chi connectivity index (χ0v) is 15.5. The molecule has 2 aromatic rings. The number of hydrogen-bond donors (Lipinski definition) is 1. The third-order valence-corrected chi connectivity index (χ3v) is 4.45. The van der Waals surface area contributed by atoms with Gasteiger partial charge in [-0.25, -0.2) is 9.67 Å². The van der Waals surface area contributed by atoms with Gasteiger partial charge >= 0.3 is 0 Å². The molecule has 0 amide bonds. The maximum Gasteiger partial charge on any atom is 0.172 e. The topological polar surface area (TPSA) is 85.9 Å². The molecule has 0 saturated heterocycles. The van der Waals surface area contributed by atoms with Gasteiger partial charge in [0.15, 0.2) is 5.82 Å². The molecule has 9 nitrogen and oxygen atoms in total. The second-order valence-electron chi connectivity index (χ2n) is 6.77. The first kappa shape index (κ1) is 18.5. The third kappa shape index (κ3) is 5.12. The molecule has 0 aliphatic carbocycles. The van der Waals surface area contributed by atoms with Crippen molar-refractivity contribution < 1.29 is 4.74 Å². The van der Waals surface area contributed by atoms with Gasteiger partial charge in [-0.3, -0.25) is 0 Å². The lowest BCUT2D eigenvalue weighted by atomic mass is 10.0. The van der Waals surface area contributed by atoms with E-state index in [1.807, 2.05) is 31.3 Å². The van der Waals surface area contributed by atoms with Crippen LogP contribution in [0.4, 0.5) is 0 Å². The Hall–Kier alpha value is -2.26. The van der Waals surface area contributed by atoms with Crippen molar-refractivity contribution in [2.45, 2.75) is 44.5 Å². The van der Waals surface area contributed by atoms with Crippen LogP contribution in [0.25, 0.3) is 0 Å². The summed E-state index contributed by atoms with van der Waals surface area (Å²) in [7, 11) is 4.09. The summed E-state index contributed by atoms with van der Waals surface area (Å²) >= 11 is 0. The predicted octanol–water partition coefficient (Wildman–Crippen LogP) is 0.845. The highest BCUT2D eigenvalue weighted by Crippen LogP contribution is 2.24. The van der Waals surface area contributed by atoms with E-state index in [-0.39, 0.29) is 12.1 Å². The van der Waals surface area contributed by atoms with Gasteiger partial charge in [-0.05, 0) is 56.4 Å². The Bertz CT molecular complexity index is 666. The first-order chi connectivity index (χ1) is 12.7. The Balaban J connectivity index is 1.63. The van der Waals surface area contributed by atoms with Crippen molar-refractivity contribution in [1.29, 1.82) is 0 Å². The molecule has 0 radical (unpaired) electrons. The summed E-state index contributed by atoms with van der Waals surface area (Å²) in [6, 6.07) is -0.0279. The van der Waals surface area contributed by atoms with Crippen LogP contribution in [0.2, 0.25) is 0 Å². The number of nitrogens with one attached hydrogen (secondary N) is 1. The zero-order valence-electron chi connectivity index (χ0n) is 15.5. The van der Waals surface area contributed by atoms with E-state index in [4.69, 9.17) is 4.74 Å². The third-order valence-electron chi connectivity index (χ3n) is 4.45. The smallest absolute Gasteiger partial charge is 0.172 e. The van der Waals surface area contributed by atoms with Crippen LogP contribution in [-0.2, 0) is 17.8 Å². The Morgan fingerprint density at radius 3 is 3.04 bits per heavy atom. The second kappa shape index (κ2) is 9.44. The molecule has 0 bridgehead atoms. The zero-order chi connectivity index (χ0) is 18.2. The number of allylic oxidation sites excluding steroid dienone is 1. The van der Waals surface area contributed by atoms with E-state index < -0.39 is 0 Å². The fraction of sp³-hybridized carbons (Fsp3) is 0.647. The molecule has 1 N–H and O–H groups in total. The molecule has 0 fully saturated rings. The van der Waals surface area contributed by atoms with E-state index in [0.717, 1.165) is 51.3 Å². The maximum atomic E-state index is 5.87. The monoisotopic (exact) mass is 360 g/mol. The van der Waals surface area contributed by atoms with Gasteiger partial charge in [0, 0.05) is 25.5 Å². The summed E-state index contributed by atoms with van der Waals surface area (Å²) in [5.41, 5.74) is 0. The Labute approximate surface area is 154 Å². The first-order valence-electron chi connectivity index (χ1n) is 9.14. The largest absolute Gasteiger partial charge is 0.496 e. The van der Waals surface area contributed by atoms with Crippen LogP contribution in [0, 0.1) is 0 Å². The molecule has 1 aliphatic heterocycles. The Morgan fingerprint density at radius 1 is 1.38 bits per heavy atom. The van der Waals surface area contributed by atoms with Crippen molar-refractivity contribution in [2.75, 3.05) is 27.2 Å². The number of aryl methyl sites for hydroxylation is 1. The predicted molar refractivity (Wildman–Crippen MR) is 97.2 cm³/mol. The fourth-order valence-electron chi connectivity index (χ4n) is 3.01. The number of likely N-dealkylation sites (N-methyl/N-ethyl adjacent to an activating group) is 1. The Kier molecular flexibility index (Phi) is 6.73. The number of nitrogens with zero attached hydrogens (tertiary/aromatic N) is 7. The van der Waals surface area contributed by atoms with Crippen LogP contribution in [0.15, 0.2) is 31.1 Å². The summed E-state index contributed by atoms with van der Waals surface area (Å²) in [5.74, 6) is 0.842. The molecule has 9 heteroatoms. The summed E-state index contributed by atoms with van der Waals surface area (Å²) in [6.07, 6.45) is 12.5. The minimum absolute atomic E-state index is 0.0279. The van der Waals surface area contributed by atoms with Crippen LogP contribution in [0.3, 0.4) is 0 Å². The quantitative estimate of drug-likeness (QED) is 0.629. The normalized spacial score (nSPS) is 18.2. The lowest BCUT2D eigenvalue weighted by molar-refractivity contribution is 0.0801. The van der Waals surface area contributed by atoms with E-state index >= 15 is 0 Å². The lowest BCUT2D eigenvalue weighted by Gasteiger charge is -2.28. The number of aromatic nitrogens is 6. The molecule has 0 spiro atoms. The fourth-order valence-corrected chi connectivity index (χ4v) is 3.01. The first-order valence-corrected chi connectivity index (χ1v) is 9.14. The minimum Gasteiger partial charge on any atom is -0.496 e. The standard InChI is InChI=1S/C17H28N8O/c1-23(2)11-12-25-17(20-21-22-25)16(15-6-3-4-13-26-15)19-7-5-9-24-10-8-18-14-24/h4,8,10,13-16,19H,3,5-7,9,11-12H2,1-2H3/t15?,16-/m1/s1. The molecule has 0 saturated carbocycles. The van der Waals surface area contributed by atoms with E-state index in [2.05, 4.69) is 41.4 Å². The van der Waals surface area contributed by atoms with Crippen molar-refractivity contribution in [3.05, 3.63) is 36.9 Å². The van der Waals surface area contributed by atoms with E-state index in [9.17, 15) is 0 Å². The molecule has 3 heterocycles. The van der Waals surface area contributed by atoms with Gasteiger partial charge in [0.25, 0.3) is 0 Å². The van der Waals surface area contributed by atoms with E-state index in [0.29, 0.717) is 0 Å². The van der Waals surface area contributed by atoms with Gasteiger partial charge < -0.3 is 19.5 Å². The molecule has 1 aliphatic rings. The molecular formula is C17H28N8O. The van der Waals surface area contributed by atoms with Gasteiger partial charge in [-0.1, -0.05) is 0 Å². The average Bonchev–Trinajstić information content (AvgIpc) is 3.32. The number of ether oxygens (including phenoxy) is 1. The van der Waals surface area contributed by atoms with Gasteiger partial charge in [0.1, 0.15) is 12.1 Å². The molecular weight excluding hydrogens is 332 g/mol.